The Kier molecular flexibility index (Phi) is 3.16. The van der Waals surface area contributed by atoms with Crippen LogP contribution in [0.5, 0.6) is 5.75 Å². The lowest BCUT2D eigenvalue weighted by molar-refractivity contribution is -0.142. The van der Waals surface area contributed by atoms with Gasteiger partial charge in [-0.1, -0.05) is 0 Å². The number of carbonyl (C=O) groups is 1. The first-order chi connectivity index (χ1) is 7.30. The maximum atomic E-state index is 13.6. The summed E-state index contributed by atoms with van der Waals surface area (Å²) < 4.78 is 31.3. The Labute approximate surface area is 91.7 Å². The molecule has 0 bridgehead atoms. The fourth-order valence-corrected chi connectivity index (χ4v) is 1.42. The molecule has 0 saturated heterocycles. The summed E-state index contributed by atoms with van der Waals surface area (Å²) in [7, 11) is 1.23. The molecule has 1 rings (SSSR count). The third-order valence-electron chi connectivity index (χ3n) is 2.40. The van der Waals surface area contributed by atoms with Crippen molar-refractivity contribution in [3.8, 4) is 5.75 Å². The summed E-state index contributed by atoms with van der Waals surface area (Å²) in [5.41, 5.74) is -1.65. The molecule has 1 N–H and O–H groups in total. The normalized spacial score (nSPS) is 11.3. The molecule has 0 aromatic heterocycles. The second-order valence-electron chi connectivity index (χ2n) is 3.90. The van der Waals surface area contributed by atoms with Crippen LogP contribution in [0.2, 0.25) is 0 Å². The van der Waals surface area contributed by atoms with E-state index in [-0.39, 0.29) is 11.3 Å². The Hall–Kier alpha value is -1.65. The number of methoxy groups -OCH3 is 1. The van der Waals surface area contributed by atoms with E-state index in [1.54, 1.807) is 0 Å². The molecular formula is C11H12F2O3. The van der Waals surface area contributed by atoms with E-state index in [1.165, 1.54) is 21.0 Å². The van der Waals surface area contributed by atoms with Crippen molar-refractivity contribution in [1.29, 1.82) is 0 Å². The number of benzene rings is 1. The summed E-state index contributed by atoms with van der Waals surface area (Å²) in [6, 6.07) is 1.60. The van der Waals surface area contributed by atoms with Crippen molar-refractivity contribution >= 4 is 5.97 Å². The zero-order valence-corrected chi connectivity index (χ0v) is 9.17. The third-order valence-corrected chi connectivity index (χ3v) is 2.40. The van der Waals surface area contributed by atoms with E-state index < -0.39 is 23.0 Å². The van der Waals surface area contributed by atoms with E-state index in [0.717, 1.165) is 6.07 Å². The van der Waals surface area contributed by atoms with Gasteiger partial charge in [0.1, 0.15) is 17.4 Å². The Balaban J connectivity index is 3.49. The molecule has 16 heavy (non-hydrogen) atoms. The number of rotatable bonds is 3. The highest BCUT2D eigenvalue weighted by molar-refractivity contribution is 5.81. The summed E-state index contributed by atoms with van der Waals surface area (Å²) >= 11 is 0. The molecular weight excluding hydrogens is 218 g/mol. The largest absolute Gasteiger partial charge is 0.496 e. The molecule has 0 radical (unpaired) electrons. The van der Waals surface area contributed by atoms with Crippen LogP contribution in [-0.2, 0) is 10.2 Å². The lowest BCUT2D eigenvalue weighted by atomic mass is 9.83. The summed E-state index contributed by atoms with van der Waals surface area (Å²) in [5, 5.41) is 8.99. The van der Waals surface area contributed by atoms with Gasteiger partial charge in [-0.15, -0.1) is 0 Å². The molecule has 1 aromatic rings. The number of halogens is 2. The topological polar surface area (TPSA) is 46.5 Å². The number of aliphatic carboxylic acids is 1. The van der Waals surface area contributed by atoms with Crippen LogP contribution in [-0.4, -0.2) is 18.2 Å². The smallest absolute Gasteiger partial charge is 0.313 e. The number of hydrogen-bond donors (Lipinski definition) is 1. The molecule has 5 heteroatoms. The fraction of sp³-hybridized carbons (Fsp3) is 0.364. The Morgan fingerprint density at radius 1 is 1.38 bits per heavy atom. The van der Waals surface area contributed by atoms with Crippen LogP contribution in [0.25, 0.3) is 0 Å². The van der Waals surface area contributed by atoms with Crippen molar-refractivity contribution < 1.29 is 23.4 Å². The van der Waals surface area contributed by atoms with Crippen LogP contribution < -0.4 is 4.74 Å². The van der Waals surface area contributed by atoms with Gasteiger partial charge in [-0.05, 0) is 13.8 Å². The van der Waals surface area contributed by atoms with E-state index in [0.29, 0.717) is 6.07 Å². The summed E-state index contributed by atoms with van der Waals surface area (Å²) in [4.78, 5) is 11.0. The molecule has 1 aromatic carbocycles. The van der Waals surface area contributed by atoms with Crippen LogP contribution in [0.4, 0.5) is 8.78 Å². The molecule has 0 saturated carbocycles. The fourth-order valence-electron chi connectivity index (χ4n) is 1.42. The number of ether oxygens (including phenoxy) is 1. The van der Waals surface area contributed by atoms with Gasteiger partial charge in [0.25, 0.3) is 0 Å². The second kappa shape index (κ2) is 4.08. The van der Waals surface area contributed by atoms with Crippen LogP contribution in [0.1, 0.15) is 19.4 Å². The van der Waals surface area contributed by atoms with E-state index >= 15 is 0 Å². The Morgan fingerprint density at radius 3 is 2.38 bits per heavy atom. The van der Waals surface area contributed by atoms with Crippen molar-refractivity contribution in [3.63, 3.8) is 0 Å². The average Bonchev–Trinajstić information content (AvgIpc) is 2.15. The molecule has 0 atom stereocenters. The minimum Gasteiger partial charge on any atom is -0.496 e. The van der Waals surface area contributed by atoms with Gasteiger partial charge in [0.15, 0.2) is 0 Å². The van der Waals surface area contributed by atoms with Crippen LogP contribution >= 0.6 is 0 Å². The molecule has 0 aliphatic carbocycles. The highest BCUT2D eigenvalue weighted by Gasteiger charge is 2.35. The van der Waals surface area contributed by atoms with Gasteiger partial charge in [0, 0.05) is 17.7 Å². The average molecular weight is 230 g/mol. The number of hydrogen-bond acceptors (Lipinski definition) is 2. The van der Waals surface area contributed by atoms with Crippen molar-refractivity contribution in [2.75, 3.05) is 7.11 Å². The highest BCUT2D eigenvalue weighted by atomic mass is 19.1. The maximum Gasteiger partial charge on any atom is 0.313 e. The molecule has 0 heterocycles. The standard InChI is InChI=1S/C11H12F2O3/c1-11(2,10(14)15)9-7(13)4-6(12)5-8(9)16-3/h4-5H,1-3H3,(H,14,15). The van der Waals surface area contributed by atoms with Gasteiger partial charge in [0.2, 0.25) is 0 Å². The van der Waals surface area contributed by atoms with E-state index in [9.17, 15) is 13.6 Å². The van der Waals surface area contributed by atoms with E-state index in [1.807, 2.05) is 0 Å². The predicted octanol–water partition coefficient (Wildman–Crippen LogP) is 2.34. The molecule has 0 aliphatic heterocycles. The first kappa shape index (κ1) is 12.4. The van der Waals surface area contributed by atoms with Crippen LogP contribution in [0, 0.1) is 11.6 Å². The lowest BCUT2D eigenvalue weighted by Crippen LogP contribution is -2.30. The number of carboxylic acids is 1. The summed E-state index contributed by atoms with van der Waals surface area (Å²) in [5.74, 6) is -3.05. The van der Waals surface area contributed by atoms with Gasteiger partial charge in [-0.3, -0.25) is 4.79 Å². The van der Waals surface area contributed by atoms with Gasteiger partial charge >= 0.3 is 5.97 Å². The quantitative estimate of drug-likeness (QED) is 0.866. The van der Waals surface area contributed by atoms with Crippen LogP contribution in [0.15, 0.2) is 12.1 Å². The van der Waals surface area contributed by atoms with Crippen molar-refractivity contribution in [2.24, 2.45) is 0 Å². The molecule has 0 spiro atoms. The monoisotopic (exact) mass is 230 g/mol. The zero-order chi connectivity index (χ0) is 12.5. The minimum atomic E-state index is -1.48. The first-order valence-electron chi connectivity index (χ1n) is 4.57. The SMILES string of the molecule is COc1cc(F)cc(F)c1C(C)(C)C(=O)O. The molecule has 0 aliphatic rings. The molecule has 88 valence electrons. The number of carboxylic acid groups (broad SMARTS) is 1. The predicted molar refractivity (Wildman–Crippen MR) is 53.6 cm³/mol. The Morgan fingerprint density at radius 2 is 1.94 bits per heavy atom. The second-order valence-corrected chi connectivity index (χ2v) is 3.90. The molecule has 0 fully saturated rings. The third kappa shape index (κ3) is 1.98. The van der Waals surface area contributed by atoms with Crippen molar-refractivity contribution in [3.05, 3.63) is 29.3 Å². The molecule has 0 unspecified atom stereocenters. The van der Waals surface area contributed by atoms with E-state index in [4.69, 9.17) is 9.84 Å². The lowest BCUT2D eigenvalue weighted by Gasteiger charge is -2.22. The van der Waals surface area contributed by atoms with Gasteiger partial charge < -0.3 is 9.84 Å². The first-order valence-corrected chi connectivity index (χ1v) is 4.57. The molecule has 3 nitrogen and oxygen atoms in total. The maximum absolute atomic E-state index is 13.6. The van der Waals surface area contributed by atoms with Gasteiger partial charge in [-0.2, -0.15) is 0 Å². The van der Waals surface area contributed by atoms with Gasteiger partial charge in [-0.25, -0.2) is 8.78 Å². The Bertz CT molecular complexity index is 427. The van der Waals surface area contributed by atoms with Crippen molar-refractivity contribution in [1.82, 2.24) is 0 Å². The van der Waals surface area contributed by atoms with Gasteiger partial charge in [0.05, 0.1) is 12.5 Å². The minimum absolute atomic E-state index is 0.107. The van der Waals surface area contributed by atoms with Crippen LogP contribution in [0.3, 0.4) is 0 Å². The molecule has 0 amide bonds. The summed E-state index contributed by atoms with van der Waals surface area (Å²) in [6.45, 7) is 2.66. The summed E-state index contributed by atoms with van der Waals surface area (Å²) in [6.07, 6.45) is 0. The highest BCUT2D eigenvalue weighted by Crippen LogP contribution is 2.34. The zero-order valence-electron chi connectivity index (χ0n) is 9.17. The van der Waals surface area contributed by atoms with E-state index in [2.05, 4.69) is 0 Å². The van der Waals surface area contributed by atoms with Crippen molar-refractivity contribution in [2.45, 2.75) is 19.3 Å².